The van der Waals surface area contributed by atoms with E-state index in [1.807, 2.05) is 14.1 Å². The molecule has 0 saturated heterocycles. The maximum atomic E-state index is 4.74. The minimum Gasteiger partial charge on any atom is -0.357 e. The smallest absolute Gasteiger partial charge is 0.191 e. The Hall–Kier alpha value is -1.51. The quantitative estimate of drug-likeness (QED) is 0.423. The van der Waals surface area contributed by atoms with Gasteiger partial charge in [-0.3, -0.25) is 9.67 Å². The molecule has 1 atom stereocenters. The molecule has 0 bridgehead atoms. The molecule has 0 fully saturated rings. The molecular formula is C18H29IN6. The van der Waals surface area contributed by atoms with Crippen LogP contribution in [-0.2, 0) is 26.4 Å². The molecule has 2 heterocycles. The van der Waals surface area contributed by atoms with Crippen molar-refractivity contribution in [2.75, 3.05) is 7.05 Å². The molecule has 0 saturated carbocycles. The van der Waals surface area contributed by atoms with Gasteiger partial charge in [0.25, 0.3) is 0 Å². The normalized spacial score (nSPS) is 17.2. The molecule has 0 amide bonds. The van der Waals surface area contributed by atoms with Gasteiger partial charge < -0.3 is 15.2 Å². The molecule has 0 spiro atoms. The van der Waals surface area contributed by atoms with E-state index in [4.69, 9.17) is 5.10 Å². The lowest BCUT2D eigenvalue weighted by atomic mass is 9.94. The van der Waals surface area contributed by atoms with Gasteiger partial charge in [0.15, 0.2) is 5.96 Å². The zero-order chi connectivity index (χ0) is 17.1. The van der Waals surface area contributed by atoms with Crippen LogP contribution in [0.5, 0.6) is 0 Å². The maximum absolute atomic E-state index is 4.74. The Balaban J connectivity index is 0.00000225. The van der Waals surface area contributed by atoms with Gasteiger partial charge in [-0.25, -0.2) is 0 Å². The molecule has 1 unspecified atom stereocenters. The van der Waals surface area contributed by atoms with Crippen LogP contribution in [0.25, 0.3) is 0 Å². The number of hydrogen-bond donors (Lipinski definition) is 2. The molecule has 138 valence electrons. The highest BCUT2D eigenvalue weighted by atomic mass is 127. The number of aryl methyl sites for hydroxylation is 2. The zero-order valence-corrected chi connectivity index (χ0v) is 17.8. The monoisotopic (exact) mass is 456 g/mol. The molecule has 6 nitrogen and oxygen atoms in total. The second-order valence-electron chi connectivity index (χ2n) is 6.87. The molecule has 1 aliphatic carbocycles. The van der Waals surface area contributed by atoms with Crippen LogP contribution in [0.15, 0.2) is 29.6 Å². The van der Waals surface area contributed by atoms with Gasteiger partial charge in [0, 0.05) is 57.7 Å². The highest BCUT2D eigenvalue weighted by molar-refractivity contribution is 14.0. The molecule has 2 N–H and O–H groups in total. The minimum atomic E-state index is 0. The number of hydrogen-bond acceptors (Lipinski definition) is 2. The summed E-state index contributed by atoms with van der Waals surface area (Å²) in [5.74, 6) is 0.857. The van der Waals surface area contributed by atoms with Crippen LogP contribution in [0.4, 0.5) is 0 Å². The topological polar surface area (TPSA) is 59.2 Å². The van der Waals surface area contributed by atoms with E-state index in [0.29, 0.717) is 12.1 Å². The molecule has 2 aromatic rings. The molecule has 7 heteroatoms. The molecular weight excluding hydrogens is 427 g/mol. The Labute approximate surface area is 167 Å². The summed E-state index contributed by atoms with van der Waals surface area (Å²) < 4.78 is 4.14. The number of halogens is 1. The van der Waals surface area contributed by atoms with Gasteiger partial charge in [0.05, 0.1) is 5.69 Å². The average molecular weight is 456 g/mol. The van der Waals surface area contributed by atoms with Crippen molar-refractivity contribution in [3.05, 3.63) is 41.5 Å². The van der Waals surface area contributed by atoms with Crippen molar-refractivity contribution in [3.8, 4) is 0 Å². The third-order valence-corrected chi connectivity index (χ3v) is 4.54. The van der Waals surface area contributed by atoms with Crippen molar-refractivity contribution < 1.29 is 0 Å². The maximum Gasteiger partial charge on any atom is 0.191 e. The predicted octanol–water partition coefficient (Wildman–Crippen LogP) is 2.64. The first-order valence-electron chi connectivity index (χ1n) is 8.70. The Morgan fingerprint density at radius 2 is 2.20 bits per heavy atom. The number of aromatic nitrogens is 3. The molecule has 3 rings (SSSR count). The van der Waals surface area contributed by atoms with Crippen molar-refractivity contribution in [3.63, 3.8) is 0 Å². The summed E-state index contributed by atoms with van der Waals surface area (Å²) in [5, 5.41) is 11.7. The van der Waals surface area contributed by atoms with E-state index in [1.54, 1.807) is 0 Å². The molecule has 1 aliphatic rings. The number of nitrogens with zero attached hydrogens (tertiary/aromatic N) is 4. The van der Waals surface area contributed by atoms with Gasteiger partial charge in [-0.2, -0.15) is 5.10 Å². The summed E-state index contributed by atoms with van der Waals surface area (Å²) >= 11 is 0. The van der Waals surface area contributed by atoms with Gasteiger partial charge in [-0.15, -0.1) is 24.0 Å². The van der Waals surface area contributed by atoms with Gasteiger partial charge in [0.1, 0.15) is 0 Å². The number of rotatable bonds is 4. The molecule has 2 aromatic heterocycles. The van der Waals surface area contributed by atoms with Crippen LogP contribution in [0, 0.1) is 0 Å². The van der Waals surface area contributed by atoms with Crippen molar-refractivity contribution in [2.45, 2.75) is 51.7 Å². The predicted molar refractivity (Wildman–Crippen MR) is 113 cm³/mol. The number of guanidine groups is 1. The van der Waals surface area contributed by atoms with E-state index in [9.17, 15) is 0 Å². The first kappa shape index (κ1) is 19.8. The minimum absolute atomic E-state index is 0. The molecule has 0 radical (unpaired) electrons. The summed E-state index contributed by atoms with van der Waals surface area (Å²) in [7, 11) is 3.86. The van der Waals surface area contributed by atoms with Crippen LogP contribution in [0.3, 0.4) is 0 Å². The second-order valence-corrected chi connectivity index (χ2v) is 6.87. The fraction of sp³-hybridized carbons (Fsp3) is 0.556. The summed E-state index contributed by atoms with van der Waals surface area (Å²) in [6.45, 7) is 5.12. The van der Waals surface area contributed by atoms with Crippen molar-refractivity contribution >= 4 is 29.9 Å². The lowest BCUT2D eigenvalue weighted by Crippen LogP contribution is -2.45. The third kappa shape index (κ3) is 4.99. The third-order valence-electron chi connectivity index (χ3n) is 4.54. The Kier molecular flexibility index (Phi) is 6.92. The highest BCUT2D eigenvalue weighted by Gasteiger charge is 2.22. The Bertz CT molecular complexity index is 715. The van der Waals surface area contributed by atoms with Crippen LogP contribution in [-0.4, -0.2) is 33.4 Å². The number of fused-ring (bicyclic) bond motifs is 1. The van der Waals surface area contributed by atoms with Crippen LogP contribution in [0.1, 0.15) is 43.1 Å². The van der Waals surface area contributed by atoms with E-state index < -0.39 is 0 Å². The van der Waals surface area contributed by atoms with Gasteiger partial charge in [0.2, 0.25) is 0 Å². The number of nitrogens with one attached hydrogen (secondary N) is 2. The van der Waals surface area contributed by atoms with Crippen LogP contribution >= 0.6 is 24.0 Å². The van der Waals surface area contributed by atoms with E-state index in [2.05, 4.69) is 63.4 Å². The zero-order valence-electron chi connectivity index (χ0n) is 15.5. The number of aliphatic imine (C=N–C) groups is 1. The first-order chi connectivity index (χ1) is 11.5. The average Bonchev–Trinajstić information content (AvgIpc) is 3.17. The Morgan fingerprint density at radius 3 is 2.84 bits per heavy atom. The summed E-state index contributed by atoms with van der Waals surface area (Å²) in [5.41, 5.74) is 3.88. The largest absolute Gasteiger partial charge is 0.357 e. The standard InChI is InChI=1S/C18H28N6.HI/c1-13(2)24-12-15-5-6-16(9-17(15)22-24)21-18(19-3)20-10-14-7-8-23(4)11-14;/h7-8,11-13,16H,5-6,9-10H2,1-4H3,(H2,19,20,21);1H. The molecule has 0 aromatic carbocycles. The SMILES string of the molecule is CN=C(NCc1ccn(C)c1)NC1CCc2cn(C(C)C)nc2C1.I. The first-order valence-corrected chi connectivity index (χ1v) is 8.70. The summed E-state index contributed by atoms with van der Waals surface area (Å²) in [6, 6.07) is 2.92. The van der Waals surface area contributed by atoms with Gasteiger partial charge in [-0.05, 0) is 43.9 Å². The van der Waals surface area contributed by atoms with Crippen molar-refractivity contribution in [1.82, 2.24) is 25.0 Å². The second kappa shape index (κ2) is 8.73. The lowest BCUT2D eigenvalue weighted by Gasteiger charge is -2.24. The summed E-state index contributed by atoms with van der Waals surface area (Å²) in [6.07, 6.45) is 9.53. The lowest BCUT2D eigenvalue weighted by molar-refractivity contribution is 0.499. The van der Waals surface area contributed by atoms with E-state index in [1.165, 1.54) is 16.8 Å². The Morgan fingerprint density at radius 1 is 1.40 bits per heavy atom. The van der Waals surface area contributed by atoms with Crippen molar-refractivity contribution in [2.24, 2.45) is 12.0 Å². The molecule has 0 aliphatic heterocycles. The highest BCUT2D eigenvalue weighted by Crippen LogP contribution is 2.21. The fourth-order valence-corrected chi connectivity index (χ4v) is 3.14. The van der Waals surface area contributed by atoms with Gasteiger partial charge in [-0.1, -0.05) is 0 Å². The van der Waals surface area contributed by atoms with Gasteiger partial charge >= 0.3 is 0 Å². The van der Waals surface area contributed by atoms with E-state index in [-0.39, 0.29) is 24.0 Å². The summed E-state index contributed by atoms with van der Waals surface area (Å²) in [4.78, 5) is 4.36. The van der Waals surface area contributed by atoms with E-state index in [0.717, 1.165) is 31.8 Å². The van der Waals surface area contributed by atoms with E-state index >= 15 is 0 Å². The van der Waals surface area contributed by atoms with Crippen molar-refractivity contribution in [1.29, 1.82) is 0 Å². The fourth-order valence-electron chi connectivity index (χ4n) is 3.14. The van der Waals surface area contributed by atoms with Crippen LogP contribution < -0.4 is 10.6 Å². The molecule has 25 heavy (non-hydrogen) atoms. The van der Waals surface area contributed by atoms with Crippen LogP contribution in [0.2, 0.25) is 0 Å².